The van der Waals surface area contributed by atoms with Crippen LogP contribution in [0.4, 0.5) is 0 Å². The summed E-state index contributed by atoms with van der Waals surface area (Å²) in [5.41, 5.74) is 2.65. The van der Waals surface area contributed by atoms with Gasteiger partial charge in [0, 0.05) is 24.7 Å². The molecule has 2 aromatic heterocycles. The third kappa shape index (κ3) is 5.58. The van der Waals surface area contributed by atoms with Crippen molar-refractivity contribution in [3.8, 4) is 11.1 Å². The number of hydrogen-bond acceptors (Lipinski definition) is 5. The van der Waals surface area contributed by atoms with E-state index in [0.29, 0.717) is 17.9 Å². The van der Waals surface area contributed by atoms with Gasteiger partial charge in [0.25, 0.3) is 0 Å². The van der Waals surface area contributed by atoms with E-state index in [4.69, 9.17) is 0 Å². The molecule has 1 aliphatic carbocycles. The second kappa shape index (κ2) is 11.2. The van der Waals surface area contributed by atoms with Gasteiger partial charge in [-0.2, -0.15) is 0 Å². The van der Waals surface area contributed by atoms with Crippen LogP contribution in [-0.4, -0.2) is 36.6 Å². The number of ketones is 1. The summed E-state index contributed by atoms with van der Waals surface area (Å²) in [4.78, 5) is 33.2. The van der Waals surface area contributed by atoms with Crippen LogP contribution >= 0.6 is 0 Å². The molecule has 178 valence electrons. The van der Waals surface area contributed by atoms with Crippen molar-refractivity contribution in [2.75, 3.05) is 0 Å². The van der Waals surface area contributed by atoms with E-state index in [9.17, 15) is 14.7 Å². The number of unbranched alkanes of at least 4 members (excludes halogenated alkanes) is 2. The standard InChI is InChI=1S/C27H32N4O3/c1-2-3-5-10-24-29-26(25(32)21-8-6-4-7-9-21)30-31(24)18-19-11-13-20(14-12-19)22-15-16-28-17-23(22)27(33)34/h11-17,21H,2-10,18H2,1H3,(H,33,34). The third-order valence-corrected chi connectivity index (χ3v) is 6.60. The van der Waals surface area contributed by atoms with E-state index in [-0.39, 0.29) is 17.3 Å². The Labute approximate surface area is 200 Å². The van der Waals surface area contributed by atoms with Crippen molar-refractivity contribution in [1.82, 2.24) is 19.7 Å². The zero-order chi connectivity index (χ0) is 23.9. The Bertz CT molecular complexity index is 1130. The molecule has 3 aromatic rings. The number of aromatic carboxylic acids is 1. The molecule has 0 radical (unpaired) electrons. The molecule has 0 atom stereocenters. The fourth-order valence-electron chi connectivity index (χ4n) is 4.65. The van der Waals surface area contributed by atoms with Crippen LogP contribution in [0, 0.1) is 5.92 Å². The summed E-state index contributed by atoms with van der Waals surface area (Å²) >= 11 is 0. The molecule has 34 heavy (non-hydrogen) atoms. The topological polar surface area (TPSA) is 98.0 Å². The molecule has 1 saturated carbocycles. The SMILES string of the molecule is CCCCCc1nc(C(=O)C2CCCCC2)nn1Cc1ccc(-c2ccncc2C(=O)O)cc1. The third-order valence-electron chi connectivity index (χ3n) is 6.60. The number of carbonyl (C=O) groups is 2. The summed E-state index contributed by atoms with van der Waals surface area (Å²) in [7, 11) is 0. The minimum Gasteiger partial charge on any atom is -0.478 e. The monoisotopic (exact) mass is 460 g/mol. The smallest absolute Gasteiger partial charge is 0.337 e. The lowest BCUT2D eigenvalue weighted by molar-refractivity contribution is 0.0697. The summed E-state index contributed by atoms with van der Waals surface area (Å²) in [5.74, 6) is 0.360. The zero-order valence-corrected chi connectivity index (χ0v) is 19.7. The second-order valence-corrected chi connectivity index (χ2v) is 9.09. The average molecular weight is 461 g/mol. The van der Waals surface area contributed by atoms with Gasteiger partial charge >= 0.3 is 5.97 Å². The van der Waals surface area contributed by atoms with E-state index in [2.05, 4.69) is 22.0 Å². The first-order valence-electron chi connectivity index (χ1n) is 12.3. The molecule has 0 bridgehead atoms. The van der Waals surface area contributed by atoms with Crippen molar-refractivity contribution in [1.29, 1.82) is 0 Å². The van der Waals surface area contributed by atoms with Gasteiger partial charge < -0.3 is 5.11 Å². The van der Waals surface area contributed by atoms with E-state index >= 15 is 0 Å². The lowest BCUT2D eigenvalue weighted by atomic mass is 9.86. The average Bonchev–Trinajstić information content (AvgIpc) is 3.27. The highest BCUT2D eigenvalue weighted by Gasteiger charge is 2.26. The van der Waals surface area contributed by atoms with Crippen molar-refractivity contribution in [3.05, 3.63) is 65.5 Å². The Morgan fingerprint density at radius 1 is 1.06 bits per heavy atom. The zero-order valence-electron chi connectivity index (χ0n) is 19.7. The number of nitrogens with zero attached hydrogens (tertiary/aromatic N) is 4. The van der Waals surface area contributed by atoms with Crippen LogP contribution in [0.15, 0.2) is 42.7 Å². The maximum Gasteiger partial charge on any atom is 0.337 e. The number of carboxylic acid groups (broad SMARTS) is 1. The molecular formula is C27H32N4O3. The highest BCUT2D eigenvalue weighted by molar-refractivity contribution is 5.95. The van der Waals surface area contributed by atoms with Gasteiger partial charge in [0.1, 0.15) is 5.82 Å². The Morgan fingerprint density at radius 3 is 2.53 bits per heavy atom. The summed E-state index contributed by atoms with van der Waals surface area (Å²) in [6.07, 6.45) is 12.3. The highest BCUT2D eigenvalue weighted by Crippen LogP contribution is 2.27. The lowest BCUT2D eigenvalue weighted by Crippen LogP contribution is -2.19. The maximum atomic E-state index is 13.0. The Balaban J connectivity index is 1.55. The number of hydrogen-bond donors (Lipinski definition) is 1. The minimum absolute atomic E-state index is 0.0520. The quantitative estimate of drug-likeness (QED) is 0.313. The van der Waals surface area contributed by atoms with Crippen LogP contribution < -0.4 is 0 Å². The number of aryl methyl sites for hydroxylation is 1. The molecule has 0 aliphatic heterocycles. The maximum absolute atomic E-state index is 13.0. The van der Waals surface area contributed by atoms with Gasteiger partial charge in [-0.25, -0.2) is 14.5 Å². The largest absolute Gasteiger partial charge is 0.478 e. The molecule has 0 unspecified atom stereocenters. The molecule has 1 aromatic carbocycles. The van der Waals surface area contributed by atoms with Gasteiger partial charge in [-0.3, -0.25) is 9.78 Å². The molecule has 1 aliphatic rings. The highest BCUT2D eigenvalue weighted by atomic mass is 16.4. The van der Waals surface area contributed by atoms with Crippen molar-refractivity contribution in [2.24, 2.45) is 5.92 Å². The number of rotatable bonds is 10. The van der Waals surface area contributed by atoms with Gasteiger partial charge in [0.15, 0.2) is 0 Å². The van der Waals surface area contributed by atoms with Gasteiger partial charge in [-0.15, -0.1) is 5.10 Å². The number of Topliss-reactive ketones (excluding diaryl/α,β-unsaturated/α-hetero) is 1. The number of aromatic nitrogens is 4. The van der Waals surface area contributed by atoms with E-state index in [1.807, 2.05) is 28.9 Å². The Hall–Kier alpha value is -3.35. The van der Waals surface area contributed by atoms with Crippen molar-refractivity contribution in [2.45, 2.75) is 71.3 Å². The minimum atomic E-state index is -0.998. The van der Waals surface area contributed by atoms with Crippen LogP contribution in [0.2, 0.25) is 0 Å². The van der Waals surface area contributed by atoms with Crippen LogP contribution in [0.1, 0.15) is 90.7 Å². The van der Waals surface area contributed by atoms with Gasteiger partial charge in [0.05, 0.1) is 12.1 Å². The molecule has 1 N–H and O–H groups in total. The molecule has 4 rings (SSSR count). The fourth-order valence-corrected chi connectivity index (χ4v) is 4.65. The fraction of sp³-hybridized carbons (Fsp3) is 0.444. The van der Waals surface area contributed by atoms with E-state index in [0.717, 1.165) is 68.3 Å². The van der Waals surface area contributed by atoms with Crippen molar-refractivity contribution < 1.29 is 14.7 Å². The molecule has 7 heteroatoms. The van der Waals surface area contributed by atoms with Crippen molar-refractivity contribution >= 4 is 11.8 Å². The molecule has 7 nitrogen and oxygen atoms in total. The van der Waals surface area contributed by atoms with Crippen LogP contribution in [0.5, 0.6) is 0 Å². The summed E-state index contributed by atoms with van der Waals surface area (Å²) in [6, 6.07) is 9.49. The number of carboxylic acids is 1. The van der Waals surface area contributed by atoms with E-state index in [1.54, 1.807) is 12.3 Å². The van der Waals surface area contributed by atoms with Crippen molar-refractivity contribution in [3.63, 3.8) is 0 Å². The molecule has 0 spiro atoms. The summed E-state index contributed by atoms with van der Waals surface area (Å²) < 4.78 is 1.87. The number of benzene rings is 1. The van der Waals surface area contributed by atoms with Crippen LogP contribution in [0.25, 0.3) is 11.1 Å². The molecular weight excluding hydrogens is 428 g/mol. The predicted octanol–water partition coefficient (Wildman–Crippen LogP) is 5.58. The summed E-state index contributed by atoms with van der Waals surface area (Å²) in [5, 5.41) is 14.1. The molecule has 0 amide bonds. The van der Waals surface area contributed by atoms with Gasteiger partial charge in [0.2, 0.25) is 11.6 Å². The normalized spacial score (nSPS) is 14.3. The summed E-state index contributed by atoms with van der Waals surface area (Å²) in [6.45, 7) is 2.69. The van der Waals surface area contributed by atoms with Gasteiger partial charge in [-0.05, 0) is 42.0 Å². The van der Waals surface area contributed by atoms with Gasteiger partial charge in [-0.1, -0.05) is 63.3 Å². The molecule has 1 fully saturated rings. The van der Waals surface area contributed by atoms with Crippen LogP contribution in [-0.2, 0) is 13.0 Å². The first kappa shape index (κ1) is 23.8. The number of pyridine rings is 1. The first-order chi connectivity index (χ1) is 16.6. The predicted molar refractivity (Wildman–Crippen MR) is 130 cm³/mol. The van der Waals surface area contributed by atoms with E-state index in [1.165, 1.54) is 12.6 Å². The second-order valence-electron chi connectivity index (χ2n) is 9.09. The Kier molecular flexibility index (Phi) is 7.83. The first-order valence-corrected chi connectivity index (χ1v) is 12.3. The molecule has 0 saturated heterocycles. The van der Waals surface area contributed by atoms with E-state index < -0.39 is 5.97 Å². The molecule has 2 heterocycles. The lowest BCUT2D eigenvalue weighted by Gasteiger charge is -2.18. The number of carbonyl (C=O) groups excluding carboxylic acids is 1. The Morgan fingerprint density at radius 2 is 1.82 bits per heavy atom. The van der Waals surface area contributed by atoms with Crippen LogP contribution in [0.3, 0.4) is 0 Å².